The number of aromatic hydroxyl groups is 1. The van der Waals surface area contributed by atoms with Crippen molar-refractivity contribution in [2.45, 2.75) is 36.3 Å². The van der Waals surface area contributed by atoms with Crippen LogP contribution in [0.15, 0.2) is 108 Å². The molecule has 4 aromatic rings. The van der Waals surface area contributed by atoms with Gasteiger partial charge in [-0.2, -0.15) is 0 Å². The summed E-state index contributed by atoms with van der Waals surface area (Å²) in [6.45, 7) is 0.669. The number of aliphatic hydroxyl groups excluding tert-OH is 1. The van der Waals surface area contributed by atoms with Crippen LogP contribution in [0.25, 0.3) is 0 Å². The number of sulfonamides is 1. The minimum absolute atomic E-state index is 0.0630. The summed E-state index contributed by atoms with van der Waals surface area (Å²) in [5, 5.41) is 22.3. The van der Waals surface area contributed by atoms with E-state index in [1.54, 1.807) is 71.6 Å². The van der Waals surface area contributed by atoms with Crippen LogP contribution in [0.1, 0.15) is 28.8 Å². The highest BCUT2D eigenvalue weighted by Crippen LogP contribution is 2.31. The van der Waals surface area contributed by atoms with Crippen molar-refractivity contribution in [3.05, 3.63) is 114 Å². The molecule has 0 saturated carbocycles. The van der Waals surface area contributed by atoms with Gasteiger partial charge < -0.3 is 25.2 Å². The average molecular weight is 616 g/mol. The summed E-state index contributed by atoms with van der Waals surface area (Å²) in [7, 11) is -4.29. The number of piperidine rings is 1. The first-order valence-electron chi connectivity index (χ1n) is 14.2. The number of hydrogen-bond donors (Lipinski definition) is 4. The van der Waals surface area contributed by atoms with Crippen LogP contribution >= 0.6 is 0 Å². The van der Waals surface area contributed by atoms with Crippen molar-refractivity contribution in [2.75, 3.05) is 17.8 Å². The smallest absolute Gasteiger partial charge is 0.262 e. The van der Waals surface area contributed by atoms with Gasteiger partial charge in [-0.3, -0.25) is 14.3 Å². The number of phenolic OH excluding ortho intramolecular Hbond substituents is 1. The van der Waals surface area contributed by atoms with Crippen molar-refractivity contribution >= 4 is 27.5 Å². The molecule has 1 heterocycles. The molecule has 1 aliphatic heterocycles. The van der Waals surface area contributed by atoms with Gasteiger partial charge in [0.25, 0.3) is 15.9 Å². The van der Waals surface area contributed by atoms with E-state index in [-0.39, 0.29) is 40.0 Å². The van der Waals surface area contributed by atoms with Crippen molar-refractivity contribution in [1.82, 2.24) is 10.2 Å². The average Bonchev–Trinajstić information content (AvgIpc) is 3.03. The summed E-state index contributed by atoms with van der Waals surface area (Å²) in [5.41, 5.74) is 0.731. The standard InChI is InChI=1S/C33H33N3O7S/c37-24-16-14-23(15-17-24)22-29(33(40)36-20-18-25(38)19-21-36)34-32(39)27-10-4-7-13-31(27)44(41,42)35-28-11-5-6-12-30(28)43-26-8-2-1-3-9-26/h1-17,25,29,35,37-38H,18-22H2,(H,34,39). The second kappa shape index (κ2) is 13.6. The third-order valence-corrected chi connectivity index (χ3v) is 8.70. The highest BCUT2D eigenvalue weighted by Gasteiger charge is 2.31. The van der Waals surface area contributed by atoms with Gasteiger partial charge in [-0.15, -0.1) is 0 Å². The Kier molecular flexibility index (Phi) is 9.47. The Bertz CT molecular complexity index is 1710. The zero-order chi connectivity index (χ0) is 31.1. The van der Waals surface area contributed by atoms with Crippen LogP contribution < -0.4 is 14.8 Å². The van der Waals surface area contributed by atoms with Gasteiger partial charge in [0.15, 0.2) is 5.75 Å². The number of likely N-dealkylation sites (tertiary alicyclic amines) is 1. The third kappa shape index (κ3) is 7.55. The topological polar surface area (TPSA) is 145 Å². The number of nitrogens with zero attached hydrogens (tertiary/aromatic N) is 1. The van der Waals surface area contributed by atoms with Crippen LogP contribution in [-0.2, 0) is 21.2 Å². The molecule has 10 nitrogen and oxygen atoms in total. The number of benzene rings is 4. The molecule has 2 amide bonds. The number of carbonyl (C=O) groups excluding carboxylic acids is 2. The van der Waals surface area contributed by atoms with Crippen LogP contribution in [-0.4, -0.2) is 60.6 Å². The summed E-state index contributed by atoms with van der Waals surface area (Å²) in [5.74, 6) is -0.229. The summed E-state index contributed by atoms with van der Waals surface area (Å²) in [6.07, 6.45) is 0.472. The molecule has 4 aromatic carbocycles. The van der Waals surface area contributed by atoms with Crippen LogP contribution in [0.4, 0.5) is 5.69 Å². The Hall–Kier alpha value is -4.87. The maximum absolute atomic E-state index is 13.7. The molecule has 44 heavy (non-hydrogen) atoms. The number of nitrogens with one attached hydrogen (secondary N) is 2. The van der Waals surface area contributed by atoms with Gasteiger partial charge in [-0.1, -0.05) is 54.6 Å². The fourth-order valence-corrected chi connectivity index (χ4v) is 6.23. The predicted molar refractivity (Wildman–Crippen MR) is 165 cm³/mol. The number of amides is 2. The zero-order valence-electron chi connectivity index (χ0n) is 23.8. The second-order valence-corrected chi connectivity index (χ2v) is 12.1. The summed E-state index contributed by atoms with van der Waals surface area (Å²) >= 11 is 0. The van der Waals surface area contributed by atoms with E-state index in [0.717, 1.165) is 0 Å². The fourth-order valence-electron chi connectivity index (χ4n) is 4.95. The number of phenols is 1. The fraction of sp³-hybridized carbons (Fsp3) is 0.212. The molecule has 1 fully saturated rings. The van der Waals surface area contributed by atoms with Crippen LogP contribution in [0, 0.1) is 0 Å². The van der Waals surface area contributed by atoms with E-state index in [2.05, 4.69) is 10.0 Å². The van der Waals surface area contributed by atoms with Crippen molar-refractivity contribution in [3.63, 3.8) is 0 Å². The highest BCUT2D eigenvalue weighted by atomic mass is 32.2. The van der Waals surface area contributed by atoms with E-state index in [0.29, 0.717) is 37.2 Å². The van der Waals surface area contributed by atoms with E-state index in [1.165, 1.54) is 30.3 Å². The van der Waals surface area contributed by atoms with E-state index in [1.807, 2.05) is 6.07 Å². The lowest BCUT2D eigenvalue weighted by molar-refractivity contribution is -0.135. The number of hydrogen-bond acceptors (Lipinski definition) is 7. The first kappa shape index (κ1) is 30.6. The first-order chi connectivity index (χ1) is 21.2. The minimum atomic E-state index is -4.29. The second-order valence-electron chi connectivity index (χ2n) is 10.5. The van der Waals surface area contributed by atoms with Crippen LogP contribution in [0.2, 0.25) is 0 Å². The molecule has 0 spiro atoms. The maximum atomic E-state index is 13.7. The molecule has 1 saturated heterocycles. The molecule has 11 heteroatoms. The van der Waals surface area contributed by atoms with Crippen molar-refractivity contribution in [2.24, 2.45) is 0 Å². The van der Waals surface area contributed by atoms with Gasteiger partial charge in [0.1, 0.15) is 22.4 Å². The van der Waals surface area contributed by atoms with Crippen molar-refractivity contribution in [1.29, 1.82) is 0 Å². The normalized spacial score (nSPS) is 14.4. The lowest BCUT2D eigenvalue weighted by Gasteiger charge is -2.33. The molecule has 0 aliphatic carbocycles. The van der Waals surface area contributed by atoms with Crippen molar-refractivity contribution in [3.8, 4) is 17.2 Å². The number of rotatable bonds is 10. The van der Waals surface area contributed by atoms with Gasteiger partial charge in [-0.25, -0.2) is 8.42 Å². The molecule has 0 bridgehead atoms. The van der Waals surface area contributed by atoms with Gasteiger partial charge >= 0.3 is 0 Å². The Labute approximate surface area is 256 Å². The monoisotopic (exact) mass is 615 g/mol. The van der Waals surface area contributed by atoms with E-state index in [9.17, 15) is 28.2 Å². The number of ether oxygens (including phenoxy) is 1. The molecular weight excluding hydrogens is 582 g/mol. The number of carbonyl (C=O) groups is 2. The summed E-state index contributed by atoms with van der Waals surface area (Å²) < 4.78 is 35.8. The largest absolute Gasteiger partial charge is 0.508 e. The molecule has 1 atom stereocenters. The molecule has 1 unspecified atom stereocenters. The molecular formula is C33H33N3O7S. The number of para-hydroxylation sites is 3. The molecule has 0 aromatic heterocycles. The number of anilines is 1. The molecule has 4 N–H and O–H groups in total. The Morgan fingerprint density at radius 2 is 1.50 bits per heavy atom. The van der Waals surface area contributed by atoms with Gasteiger partial charge in [-0.05, 0) is 66.9 Å². The zero-order valence-corrected chi connectivity index (χ0v) is 24.6. The Morgan fingerprint density at radius 3 is 2.23 bits per heavy atom. The van der Waals surface area contributed by atoms with Gasteiger partial charge in [0, 0.05) is 19.5 Å². The highest BCUT2D eigenvalue weighted by molar-refractivity contribution is 7.92. The molecule has 228 valence electrons. The van der Waals surface area contributed by atoms with E-state index < -0.39 is 28.1 Å². The quantitative estimate of drug-likeness (QED) is 0.208. The van der Waals surface area contributed by atoms with Crippen LogP contribution in [0.5, 0.6) is 17.2 Å². The van der Waals surface area contributed by atoms with E-state index in [4.69, 9.17) is 4.74 Å². The SMILES string of the molecule is O=C(NC(Cc1ccc(O)cc1)C(=O)N1CCC(O)CC1)c1ccccc1S(=O)(=O)Nc1ccccc1Oc1ccccc1. The lowest BCUT2D eigenvalue weighted by Crippen LogP contribution is -2.52. The predicted octanol–water partition coefficient (Wildman–Crippen LogP) is 4.31. The third-order valence-electron chi connectivity index (χ3n) is 7.28. The van der Waals surface area contributed by atoms with E-state index >= 15 is 0 Å². The molecule has 5 rings (SSSR count). The lowest BCUT2D eigenvalue weighted by atomic mass is 10.0. The molecule has 0 radical (unpaired) electrons. The summed E-state index contributed by atoms with van der Waals surface area (Å²) in [6, 6.07) is 26.5. The van der Waals surface area contributed by atoms with Gasteiger partial charge in [0.2, 0.25) is 5.91 Å². The Balaban J connectivity index is 1.40. The first-order valence-corrected chi connectivity index (χ1v) is 15.7. The Morgan fingerprint density at radius 1 is 0.864 bits per heavy atom. The summed E-state index contributed by atoms with van der Waals surface area (Å²) in [4.78, 5) is 28.6. The molecule has 1 aliphatic rings. The van der Waals surface area contributed by atoms with Crippen molar-refractivity contribution < 1.29 is 33.0 Å². The minimum Gasteiger partial charge on any atom is -0.508 e. The van der Waals surface area contributed by atoms with Crippen LogP contribution in [0.3, 0.4) is 0 Å². The maximum Gasteiger partial charge on any atom is 0.262 e. The number of aliphatic hydroxyl groups is 1. The van der Waals surface area contributed by atoms with Gasteiger partial charge in [0.05, 0.1) is 17.4 Å².